The predicted octanol–water partition coefficient (Wildman–Crippen LogP) is 0.622. The quantitative estimate of drug-likeness (QED) is 0.713. The summed E-state index contributed by atoms with van der Waals surface area (Å²) >= 11 is 0. The van der Waals surface area contributed by atoms with Gasteiger partial charge in [-0.25, -0.2) is 0 Å². The van der Waals surface area contributed by atoms with Crippen LogP contribution in [-0.2, 0) is 9.53 Å². The van der Waals surface area contributed by atoms with E-state index in [4.69, 9.17) is 4.74 Å². The molecule has 2 N–H and O–H groups in total. The first-order valence-electron chi connectivity index (χ1n) is 7.29. The smallest absolute Gasteiger partial charge is 0.239 e. The normalized spacial score (nSPS) is 18.4. The molecule has 1 atom stereocenters. The monoisotopic (exact) mass is 272 g/mol. The largest absolute Gasteiger partial charge is 0.396 e. The number of aliphatic hydroxyl groups excluding tert-OH is 1. The summed E-state index contributed by atoms with van der Waals surface area (Å²) in [7, 11) is 0. The zero-order valence-electron chi connectivity index (χ0n) is 12.4. The third kappa shape index (κ3) is 4.44. The Morgan fingerprint density at radius 3 is 2.42 bits per heavy atom. The van der Waals surface area contributed by atoms with E-state index in [0.717, 1.165) is 12.8 Å². The summed E-state index contributed by atoms with van der Waals surface area (Å²) in [6, 6.07) is -0.206. The third-order valence-electron chi connectivity index (χ3n) is 4.31. The van der Waals surface area contributed by atoms with Gasteiger partial charge in [0.05, 0.1) is 19.3 Å². The second-order valence-electron chi connectivity index (χ2n) is 5.41. The molecule has 1 aliphatic rings. The highest BCUT2D eigenvalue weighted by molar-refractivity contribution is 5.81. The van der Waals surface area contributed by atoms with E-state index in [0.29, 0.717) is 32.8 Å². The van der Waals surface area contributed by atoms with Crippen molar-refractivity contribution in [3.63, 3.8) is 0 Å². The van der Waals surface area contributed by atoms with Crippen molar-refractivity contribution < 1.29 is 14.6 Å². The van der Waals surface area contributed by atoms with Crippen LogP contribution < -0.4 is 5.32 Å². The number of rotatable bonds is 7. The van der Waals surface area contributed by atoms with E-state index in [1.54, 1.807) is 0 Å². The summed E-state index contributed by atoms with van der Waals surface area (Å²) in [5.74, 6) is 0.127. The first-order valence-corrected chi connectivity index (χ1v) is 7.29. The zero-order chi connectivity index (χ0) is 14.3. The molecule has 19 heavy (non-hydrogen) atoms. The van der Waals surface area contributed by atoms with Crippen molar-refractivity contribution in [3.05, 3.63) is 0 Å². The Bertz CT molecular complexity index is 266. The molecule has 1 unspecified atom stereocenters. The van der Waals surface area contributed by atoms with Crippen LogP contribution in [-0.4, -0.2) is 61.4 Å². The minimum atomic E-state index is -0.206. The molecule has 0 spiro atoms. The van der Waals surface area contributed by atoms with Crippen molar-refractivity contribution in [1.29, 1.82) is 0 Å². The van der Waals surface area contributed by atoms with Crippen LogP contribution in [0.4, 0.5) is 0 Å². The molecular weight excluding hydrogens is 244 g/mol. The number of nitrogens with zero attached hydrogens (tertiary/aromatic N) is 1. The number of amides is 1. The summed E-state index contributed by atoms with van der Waals surface area (Å²) in [5, 5.41) is 12.8. The van der Waals surface area contributed by atoms with Crippen molar-refractivity contribution in [2.45, 2.75) is 39.7 Å². The predicted molar refractivity (Wildman–Crippen MR) is 75.0 cm³/mol. The molecule has 1 fully saturated rings. The Morgan fingerprint density at radius 1 is 1.37 bits per heavy atom. The number of morpholine rings is 1. The van der Waals surface area contributed by atoms with Gasteiger partial charge in [-0.2, -0.15) is 0 Å². The molecule has 0 aliphatic carbocycles. The number of hydrogen-bond donors (Lipinski definition) is 2. The van der Waals surface area contributed by atoms with E-state index in [1.165, 1.54) is 0 Å². The van der Waals surface area contributed by atoms with E-state index < -0.39 is 0 Å². The number of hydrogen-bond acceptors (Lipinski definition) is 4. The Kier molecular flexibility index (Phi) is 6.75. The molecule has 0 aromatic carbocycles. The average Bonchev–Trinajstić information content (AvgIpc) is 2.49. The maximum atomic E-state index is 12.2. The van der Waals surface area contributed by atoms with Gasteiger partial charge < -0.3 is 20.1 Å². The molecule has 1 rings (SSSR count). The lowest BCUT2D eigenvalue weighted by Gasteiger charge is -2.33. The molecular formula is C14H28N2O3. The Labute approximate surface area is 116 Å². The van der Waals surface area contributed by atoms with Gasteiger partial charge in [0.1, 0.15) is 0 Å². The van der Waals surface area contributed by atoms with Gasteiger partial charge in [0, 0.05) is 31.7 Å². The number of ether oxygens (including phenoxy) is 1. The minimum absolute atomic E-state index is 0.112. The van der Waals surface area contributed by atoms with Gasteiger partial charge in [0.15, 0.2) is 0 Å². The summed E-state index contributed by atoms with van der Waals surface area (Å²) in [6.07, 6.45) is 1.82. The molecule has 112 valence electrons. The number of carbonyl (C=O) groups excluding carboxylic acids is 1. The van der Waals surface area contributed by atoms with Gasteiger partial charge in [0.2, 0.25) is 5.91 Å². The summed E-state index contributed by atoms with van der Waals surface area (Å²) in [5.41, 5.74) is -0.112. The van der Waals surface area contributed by atoms with Gasteiger partial charge in [-0.3, -0.25) is 4.79 Å². The standard InChI is InChI=1S/C14H28N2O3/c1-4-14(5-2,11-17)10-15-12(3)13(18)16-6-8-19-9-7-16/h12,15,17H,4-11H2,1-3H3. The number of nitrogens with one attached hydrogen (secondary N) is 1. The van der Waals surface area contributed by atoms with Crippen LogP contribution in [0, 0.1) is 5.41 Å². The van der Waals surface area contributed by atoms with Crippen LogP contribution in [0.2, 0.25) is 0 Å². The fourth-order valence-electron chi connectivity index (χ4n) is 2.29. The summed E-state index contributed by atoms with van der Waals surface area (Å²) in [6.45, 7) is 9.50. The van der Waals surface area contributed by atoms with Gasteiger partial charge in [-0.1, -0.05) is 13.8 Å². The van der Waals surface area contributed by atoms with E-state index in [2.05, 4.69) is 19.2 Å². The average molecular weight is 272 g/mol. The molecule has 5 nitrogen and oxygen atoms in total. The lowest BCUT2D eigenvalue weighted by atomic mass is 9.83. The summed E-state index contributed by atoms with van der Waals surface area (Å²) in [4.78, 5) is 14.1. The van der Waals surface area contributed by atoms with E-state index >= 15 is 0 Å². The van der Waals surface area contributed by atoms with Crippen LogP contribution >= 0.6 is 0 Å². The first-order chi connectivity index (χ1) is 9.08. The van der Waals surface area contributed by atoms with E-state index in [9.17, 15) is 9.90 Å². The van der Waals surface area contributed by atoms with Crippen LogP contribution in [0.1, 0.15) is 33.6 Å². The minimum Gasteiger partial charge on any atom is -0.396 e. The second-order valence-corrected chi connectivity index (χ2v) is 5.41. The molecule has 1 aliphatic heterocycles. The lowest BCUT2D eigenvalue weighted by molar-refractivity contribution is -0.137. The fourth-order valence-corrected chi connectivity index (χ4v) is 2.29. The molecule has 0 bridgehead atoms. The Balaban J connectivity index is 2.45. The molecule has 5 heteroatoms. The van der Waals surface area contributed by atoms with Crippen molar-refractivity contribution in [2.75, 3.05) is 39.5 Å². The second kappa shape index (κ2) is 7.82. The van der Waals surface area contributed by atoms with Crippen LogP contribution in [0.5, 0.6) is 0 Å². The van der Waals surface area contributed by atoms with Crippen molar-refractivity contribution >= 4 is 5.91 Å². The molecule has 1 amide bonds. The van der Waals surface area contributed by atoms with Gasteiger partial charge in [-0.05, 0) is 19.8 Å². The van der Waals surface area contributed by atoms with Crippen molar-refractivity contribution in [2.24, 2.45) is 5.41 Å². The SMILES string of the molecule is CCC(CC)(CO)CNC(C)C(=O)N1CCOCC1. The number of carbonyl (C=O) groups is 1. The molecule has 1 saturated heterocycles. The third-order valence-corrected chi connectivity index (χ3v) is 4.31. The lowest BCUT2D eigenvalue weighted by Crippen LogP contribution is -2.51. The first kappa shape index (κ1) is 16.4. The highest BCUT2D eigenvalue weighted by Crippen LogP contribution is 2.24. The fraction of sp³-hybridized carbons (Fsp3) is 0.929. The molecule has 0 saturated carbocycles. The highest BCUT2D eigenvalue weighted by atomic mass is 16.5. The molecule has 0 aromatic heterocycles. The molecule has 1 heterocycles. The maximum absolute atomic E-state index is 12.2. The van der Waals surface area contributed by atoms with Crippen molar-refractivity contribution in [1.82, 2.24) is 10.2 Å². The van der Waals surface area contributed by atoms with Gasteiger partial charge >= 0.3 is 0 Å². The van der Waals surface area contributed by atoms with Gasteiger partial charge in [-0.15, -0.1) is 0 Å². The summed E-state index contributed by atoms with van der Waals surface area (Å²) < 4.78 is 5.25. The molecule has 0 radical (unpaired) electrons. The van der Waals surface area contributed by atoms with Crippen LogP contribution in [0.25, 0.3) is 0 Å². The Morgan fingerprint density at radius 2 is 1.95 bits per heavy atom. The van der Waals surface area contributed by atoms with Crippen molar-refractivity contribution in [3.8, 4) is 0 Å². The highest BCUT2D eigenvalue weighted by Gasteiger charge is 2.28. The van der Waals surface area contributed by atoms with Gasteiger partial charge in [0.25, 0.3) is 0 Å². The van der Waals surface area contributed by atoms with Crippen LogP contribution in [0.3, 0.4) is 0 Å². The van der Waals surface area contributed by atoms with E-state index in [-0.39, 0.29) is 24.0 Å². The zero-order valence-corrected chi connectivity index (χ0v) is 12.4. The number of aliphatic hydroxyl groups is 1. The Hall–Kier alpha value is -0.650. The topological polar surface area (TPSA) is 61.8 Å². The van der Waals surface area contributed by atoms with E-state index in [1.807, 2.05) is 11.8 Å². The van der Waals surface area contributed by atoms with Crippen LogP contribution in [0.15, 0.2) is 0 Å². The molecule has 0 aromatic rings. The maximum Gasteiger partial charge on any atom is 0.239 e.